The summed E-state index contributed by atoms with van der Waals surface area (Å²) in [4.78, 5) is 23.2. The van der Waals surface area contributed by atoms with Crippen LogP contribution in [0.5, 0.6) is 11.5 Å². The van der Waals surface area contributed by atoms with Crippen LogP contribution in [-0.2, 0) is 9.59 Å². The lowest BCUT2D eigenvalue weighted by molar-refractivity contribution is -0.130. The molecule has 0 spiro atoms. The van der Waals surface area contributed by atoms with E-state index in [-0.39, 0.29) is 43.7 Å². The van der Waals surface area contributed by atoms with Crippen molar-refractivity contribution >= 4 is 11.6 Å². The highest BCUT2D eigenvalue weighted by Crippen LogP contribution is 2.39. The van der Waals surface area contributed by atoms with Crippen molar-refractivity contribution in [3.8, 4) is 11.5 Å². The van der Waals surface area contributed by atoms with E-state index in [0.29, 0.717) is 25.0 Å². The Morgan fingerprint density at radius 1 is 1.00 bits per heavy atom. The molecule has 0 aromatic heterocycles. The van der Waals surface area contributed by atoms with Crippen LogP contribution in [-0.4, -0.2) is 60.9 Å². The third-order valence-electron chi connectivity index (χ3n) is 5.35. The van der Waals surface area contributed by atoms with E-state index in [2.05, 4.69) is 0 Å². The molecule has 0 aliphatic heterocycles. The molecule has 0 saturated heterocycles. The number of carbonyl (C=O) groups is 2. The largest absolute Gasteiger partial charge is 0.496 e. The van der Waals surface area contributed by atoms with Crippen LogP contribution in [0.2, 0.25) is 0 Å². The van der Waals surface area contributed by atoms with Gasteiger partial charge in [0.1, 0.15) is 23.1 Å². The second-order valence-electron chi connectivity index (χ2n) is 7.20. The zero-order valence-corrected chi connectivity index (χ0v) is 17.2. The quantitative estimate of drug-likeness (QED) is 0.602. The number of hydrogen-bond donors (Lipinski definition) is 3. The maximum atomic E-state index is 11.6. The summed E-state index contributed by atoms with van der Waals surface area (Å²) in [6.45, 7) is 3.26. The average Bonchev–Trinajstić information content (AvgIpc) is 2.69. The molecule has 1 saturated carbocycles. The van der Waals surface area contributed by atoms with Gasteiger partial charge >= 0.3 is 0 Å². The molecule has 1 aliphatic rings. The van der Waals surface area contributed by atoms with Crippen LogP contribution in [0.15, 0.2) is 12.1 Å². The highest BCUT2D eigenvalue weighted by molar-refractivity contribution is 6.02. The van der Waals surface area contributed by atoms with Gasteiger partial charge in [-0.25, -0.2) is 0 Å². The van der Waals surface area contributed by atoms with Crippen molar-refractivity contribution in [2.75, 3.05) is 34.0 Å². The molecule has 1 aliphatic carbocycles. The van der Waals surface area contributed by atoms with Crippen LogP contribution in [0.4, 0.5) is 0 Å². The number of Topliss-reactive ketones (excluding diaryl/α,β-unsaturated/α-hetero) is 2. The molecule has 7 nitrogen and oxygen atoms in total. The average molecular weight is 396 g/mol. The van der Waals surface area contributed by atoms with Crippen molar-refractivity contribution in [3.05, 3.63) is 23.3 Å². The van der Waals surface area contributed by atoms with Crippen LogP contribution >= 0.6 is 0 Å². The van der Waals surface area contributed by atoms with E-state index < -0.39 is 5.41 Å². The summed E-state index contributed by atoms with van der Waals surface area (Å²) in [7, 11) is 3.20. The van der Waals surface area contributed by atoms with E-state index in [0.717, 1.165) is 16.9 Å². The second-order valence-corrected chi connectivity index (χ2v) is 7.20. The standard InChI is InChI=1S/C15H18O4.C6H14O3/c1-9-14(18-2)5-4-13(15(9)19-3)10-6-11(16)8-12(17)7-10;1-2-6(3-7,4-8)5-9/h4-5,10H,6-8H2,1-3H3;7-9H,2-5H2,1H3. The number of hydrogen-bond acceptors (Lipinski definition) is 7. The summed E-state index contributed by atoms with van der Waals surface area (Å²) in [5.74, 6) is 1.41. The molecular formula is C21H32O7. The third-order valence-corrected chi connectivity index (χ3v) is 5.35. The van der Waals surface area contributed by atoms with Crippen molar-refractivity contribution < 1.29 is 34.4 Å². The lowest BCUT2D eigenvalue weighted by Gasteiger charge is -2.24. The first-order valence-corrected chi connectivity index (χ1v) is 9.38. The smallest absolute Gasteiger partial charge is 0.140 e. The molecule has 1 aromatic carbocycles. The predicted octanol–water partition coefficient (Wildman–Crippen LogP) is 1.78. The lowest BCUT2D eigenvalue weighted by Crippen LogP contribution is -2.32. The first-order chi connectivity index (χ1) is 13.3. The zero-order chi connectivity index (χ0) is 21.3. The highest BCUT2D eigenvalue weighted by Gasteiger charge is 2.29. The topological polar surface area (TPSA) is 113 Å². The Labute approximate surface area is 166 Å². The van der Waals surface area contributed by atoms with Gasteiger partial charge in [-0.3, -0.25) is 9.59 Å². The number of carbonyl (C=O) groups excluding carboxylic acids is 2. The molecule has 0 radical (unpaired) electrons. The van der Waals surface area contributed by atoms with Gasteiger partial charge < -0.3 is 24.8 Å². The zero-order valence-electron chi connectivity index (χ0n) is 17.2. The molecule has 7 heteroatoms. The highest BCUT2D eigenvalue weighted by atomic mass is 16.5. The van der Waals surface area contributed by atoms with Crippen molar-refractivity contribution in [1.82, 2.24) is 0 Å². The van der Waals surface area contributed by atoms with Gasteiger partial charge in [-0.05, 0) is 25.0 Å². The molecule has 0 amide bonds. The summed E-state index contributed by atoms with van der Waals surface area (Å²) >= 11 is 0. The van der Waals surface area contributed by atoms with Crippen LogP contribution in [0.1, 0.15) is 49.7 Å². The Hall–Kier alpha value is -1.96. The molecule has 1 aromatic rings. The van der Waals surface area contributed by atoms with E-state index >= 15 is 0 Å². The van der Waals surface area contributed by atoms with Crippen LogP contribution in [0.3, 0.4) is 0 Å². The predicted molar refractivity (Wildman–Crippen MR) is 105 cm³/mol. The number of aliphatic hydroxyl groups is 3. The van der Waals surface area contributed by atoms with Crippen LogP contribution in [0.25, 0.3) is 0 Å². The molecule has 0 unspecified atom stereocenters. The van der Waals surface area contributed by atoms with Gasteiger partial charge in [0, 0.05) is 29.7 Å². The number of methoxy groups -OCH3 is 2. The van der Waals surface area contributed by atoms with Crippen molar-refractivity contribution in [2.45, 2.75) is 45.4 Å². The van der Waals surface area contributed by atoms with Gasteiger partial charge in [-0.2, -0.15) is 0 Å². The maximum Gasteiger partial charge on any atom is 0.140 e. The second kappa shape index (κ2) is 11.1. The molecule has 0 atom stereocenters. The Bertz CT molecular complexity index is 631. The van der Waals surface area contributed by atoms with Crippen molar-refractivity contribution in [2.24, 2.45) is 5.41 Å². The molecule has 3 N–H and O–H groups in total. The van der Waals surface area contributed by atoms with Crippen molar-refractivity contribution in [1.29, 1.82) is 0 Å². The minimum atomic E-state index is -0.667. The van der Waals surface area contributed by atoms with Gasteiger partial charge in [0.05, 0.1) is 40.5 Å². The van der Waals surface area contributed by atoms with Gasteiger partial charge in [0.2, 0.25) is 0 Å². The molecule has 28 heavy (non-hydrogen) atoms. The van der Waals surface area contributed by atoms with E-state index in [1.165, 1.54) is 0 Å². The minimum Gasteiger partial charge on any atom is -0.496 e. The van der Waals surface area contributed by atoms with Gasteiger partial charge in [-0.1, -0.05) is 13.0 Å². The third kappa shape index (κ3) is 5.77. The van der Waals surface area contributed by atoms with E-state index in [9.17, 15) is 9.59 Å². The summed E-state index contributed by atoms with van der Waals surface area (Å²) in [5, 5.41) is 26.0. The summed E-state index contributed by atoms with van der Waals surface area (Å²) in [6, 6.07) is 3.75. The molecule has 2 rings (SSSR count). The Kier molecular flexibility index (Phi) is 9.58. The number of rotatable bonds is 7. The first-order valence-electron chi connectivity index (χ1n) is 9.38. The summed E-state index contributed by atoms with van der Waals surface area (Å²) < 4.78 is 10.7. The monoisotopic (exact) mass is 396 g/mol. The minimum absolute atomic E-state index is 0.0109. The van der Waals surface area contributed by atoms with Gasteiger partial charge in [0.25, 0.3) is 0 Å². The number of benzene rings is 1. The van der Waals surface area contributed by atoms with E-state index in [4.69, 9.17) is 24.8 Å². The molecule has 0 bridgehead atoms. The van der Waals surface area contributed by atoms with Crippen LogP contribution < -0.4 is 9.47 Å². The number of aliphatic hydroxyl groups excluding tert-OH is 3. The fraction of sp³-hybridized carbons (Fsp3) is 0.619. The van der Waals surface area contributed by atoms with Gasteiger partial charge in [0.15, 0.2) is 0 Å². The van der Waals surface area contributed by atoms with Gasteiger partial charge in [-0.15, -0.1) is 0 Å². The fourth-order valence-electron chi connectivity index (χ4n) is 3.20. The summed E-state index contributed by atoms with van der Waals surface area (Å²) in [6.07, 6.45) is 1.49. The maximum absolute atomic E-state index is 11.6. The first kappa shape index (κ1) is 24.1. The Morgan fingerprint density at radius 3 is 1.89 bits per heavy atom. The Morgan fingerprint density at radius 2 is 1.54 bits per heavy atom. The number of ether oxygens (including phenoxy) is 2. The molecule has 0 heterocycles. The fourth-order valence-corrected chi connectivity index (χ4v) is 3.20. The van der Waals surface area contributed by atoms with Crippen molar-refractivity contribution in [3.63, 3.8) is 0 Å². The number of ketones is 2. The normalized spacial score (nSPS) is 15.1. The van der Waals surface area contributed by atoms with E-state index in [1.807, 2.05) is 26.0 Å². The molecule has 1 fully saturated rings. The molecule has 158 valence electrons. The SMILES string of the molecule is CCC(CO)(CO)CO.COc1ccc(C2CC(=O)CC(=O)C2)c(OC)c1C. The summed E-state index contributed by atoms with van der Waals surface area (Å²) in [5.41, 5.74) is 1.15. The van der Waals surface area contributed by atoms with E-state index in [1.54, 1.807) is 14.2 Å². The Balaban J connectivity index is 0.000000370. The molecular weight excluding hydrogens is 364 g/mol. The van der Waals surface area contributed by atoms with Crippen LogP contribution in [0, 0.1) is 12.3 Å². The lowest BCUT2D eigenvalue weighted by atomic mass is 9.81.